The molecule has 0 saturated carbocycles. The number of carbonyl (C=O) groups is 2. The zero-order valence-electron chi connectivity index (χ0n) is 18.9. The average molecular weight is 427 g/mol. The van der Waals surface area contributed by atoms with Crippen LogP contribution >= 0.6 is 0 Å². The van der Waals surface area contributed by atoms with Gasteiger partial charge in [-0.15, -0.1) is 0 Å². The number of amides is 1. The average Bonchev–Trinajstić information content (AvgIpc) is 3.16. The Morgan fingerprint density at radius 1 is 1.23 bits per heavy atom. The first-order chi connectivity index (χ1) is 14.6. The van der Waals surface area contributed by atoms with Crippen LogP contribution in [0.4, 0.5) is 0 Å². The second kappa shape index (κ2) is 8.93. The van der Waals surface area contributed by atoms with Gasteiger partial charge in [-0.2, -0.15) is 5.10 Å². The van der Waals surface area contributed by atoms with E-state index in [1.807, 2.05) is 57.1 Å². The molecule has 1 aliphatic heterocycles. The summed E-state index contributed by atoms with van der Waals surface area (Å²) in [5.74, 6) is -0.814. The van der Waals surface area contributed by atoms with Gasteiger partial charge in [0.05, 0.1) is 29.0 Å². The number of carbonyl (C=O) groups excluding carboxylic acids is 2. The Hall–Kier alpha value is -3.13. The Morgan fingerprint density at radius 3 is 2.39 bits per heavy atom. The molecule has 2 N–H and O–H groups in total. The first kappa shape index (κ1) is 22.6. The van der Waals surface area contributed by atoms with E-state index in [9.17, 15) is 14.7 Å². The highest BCUT2D eigenvalue weighted by atomic mass is 16.5. The molecule has 1 saturated heterocycles. The van der Waals surface area contributed by atoms with Gasteiger partial charge in [-0.05, 0) is 59.5 Å². The van der Waals surface area contributed by atoms with E-state index in [1.165, 1.54) is 4.90 Å². The number of aliphatic hydroxyl groups excluding tert-OH is 1. The van der Waals surface area contributed by atoms with Crippen LogP contribution in [0.2, 0.25) is 0 Å². The van der Waals surface area contributed by atoms with E-state index in [4.69, 9.17) is 4.74 Å². The van der Waals surface area contributed by atoms with Crippen molar-refractivity contribution >= 4 is 17.4 Å². The van der Waals surface area contributed by atoms with Crippen molar-refractivity contribution in [2.75, 3.05) is 27.2 Å². The normalized spacial score (nSPS) is 18.5. The summed E-state index contributed by atoms with van der Waals surface area (Å²) >= 11 is 0. The van der Waals surface area contributed by atoms with E-state index < -0.39 is 17.7 Å². The van der Waals surface area contributed by atoms with Crippen LogP contribution in [0.5, 0.6) is 5.75 Å². The summed E-state index contributed by atoms with van der Waals surface area (Å²) in [4.78, 5) is 29.4. The molecule has 0 spiro atoms. The molecule has 3 rings (SSSR count). The maximum atomic E-state index is 13.0. The van der Waals surface area contributed by atoms with Crippen molar-refractivity contribution in [3.63, 3.8) is 0 Å². The van der Waals surface area contributed by atoms with Crippen molar-refractivity contribution in [1.82, 2.24) is 20.0 Å². The standard InChI is InChI=1S/C23H30N4O4/c1-13(2)31-17-9-7-16(8-10-17)20-19(21(28)18-14(3)24-25-15(18)4)22(29)23(30)27(20)12-11-26(5)6/h7-10,13,20,28H,11-12H2,1-6H3,(H,24,25)/t20-/m1/s1. The number of aliphatic hydroxyl groups is 1. The molecule has 1 aromatic heterocycles. The summed E-state index contributed by atoms with van der Waals surface area (Å²) in [6.07, 6.45) is 0.0311. The van der Waals surface area contributed by atoms with Crippen molar-refractivity contribution < 1.29 is 19.4 Å². The van der Waals surface area contributed by atoms with Gasteiger partial charge in [-0.1, -0.05) is 12.1 Å². The highest BCUT2D eigenvalue weighted by molar-refractivity contribution is 6.46. The Labute approximate surface area is 182 Å². The van der Waals surface area contributed by atoms with Gasteiger partial charge >= 0.3 is 0 Å². The lowest BCUT2D eigenvalue weighted by molar-refractivity contribution is -0.140. The summed E-state index contributed by atoms with van der Waals surface area (Å²) in [6, 6.07) is 6.60. The number of nitrogens with one attached hydrogen (secondary N) is 1. The van der Waals surface area contributed by atoms with Crippen LogP contribution in [0.25, 0.3) is 5.76 Å². The van der Waals surface area contributed by atoms with E-state index >= 15 is 0 Å². The minimum Gasteiger partial charge on any atom is -0.507 e. The zero-order valence-corrected chi connectivity index (χ0v) is 18.9. The van der Waals surface area contributed by atoms with Gasteiger partial charge in [0, 0.05) is 18.8 Å². The molecule has 166 valence electrons. The summed E-state index contributed by atoms with van der Waals surface area (Å²) in [7, 11) is 3.81. The van der Waals surface area contributed by atoms with Crippen LogP contribution in [0.15, 0.2) is 29.8 Å². The third kappa shape index (κ3) is 4.49. The lowest BCUT2D eigenvalue weighted by Crippen LogP contribution is -2.35. The molecule has 0 radical (unpaired) electrons. The second-order valence-corrected chi connectivity index (χ2v) is 8.34. The topological polar surface area (TPSA) is 98.8 Å². The first-order valence-corrected chi connectivity index (χ1v) is 10.3. The first-order valence-electron chi connectivity index (χ1n) is 10.3. The van der Waals surface area contributed by atoms with Gasteiger partial charge in [0.15, 0.2) is 0 Å². The number of benzene rings is 1. The molecule has 1 atom stereocenters. The largest absolute Gasteiger partial charge is 0.507 e. The van der Waals surface area contributed by atoms with Gasteiger partial charge in [0.1, 0.15) is 11.5 Å². The van der Waals surface area contributed by atoms with Gasteiger partial charge < -0.3 is 19.6 Å². The number of hydrogen-bond acceptors (Lipinski definition) is 6. The minimum atomic E-state index is -0.693. The number of likely N-dealkylation sites (N-methyl/N-ethyl adjacent to an activating group) is 1. The predicted molar refractivity (Wildman–Crippen MR) is 118 cm³/mol. The molecule has 8 nitrogen and oxygen atoms in total. The van der Waals surface area contributed by atoms with E-state index in [2.05, 4.69) is 10.2 Å². The predicted octanol–water partition coefficient (Wildman–Crippen LogP) is 2.80. The lowest BCUT2D eigenvalue weighted by atomic mass is 9.94. The fraction of sp³-hybridized carbons (Fsp3) is 0.435. The Balaban J connectivity index is 2.12. The number of aryl methyl sites for hydroxylation is 2. The van der Waals surface area contributed by atoms with E-state index in [0.717, 1.165) is 5.56 Å². The summed E-state index contributed by atoms with van der Waals surface area (Å²) in [5, 5.41) is 18.1. The van der Waals surface area contributed by atoms with Crippen LogP contribution in [-0.4, -0.2) is 70.1 Å². The Bertz CT molecular complexity index is 986. The van der Waals surface area contributed by atoms with Gasteiger partial charge in [0.25, 0.3) is 11.7 Å². The van der Waals surface area contributed by atoms with Gasteiger partial charge in [0.2, 0.25) is 0 Å². The highest BCUT2D eigenvalue weighted by Crippen LogP contribution is 2.40. The molecular weight excluding hydrogens is 396 g/mol. The summed E-state index contributed by atoms with van der Waals surface area (Å²) < 4.78 is 5.72. The summed E-state index contributed by atoms with van der Waals surface area (Å²) in [5.41, 5.74) is 2.46. The molecule has 0 aliphatic carbocycles. The number of likely N-dealkylation sites (tertiary alicyclic amines) is 1. The van der Waals surface area contributed by atoms with Crippen LogP contribution in [-0.2, 0) is 9.59 Å². The maximum absolute atomic E-state index is 13.0. The Kier molecular flexibility index (Phi) is 6.50. The van der Waals surface area contributed by atoms with Crippen LogP contribution in [0.1, 0.15) is 42.4 Å². The van der Waals surface area contributed by atoms with Gasteiger partial charge in [-0.25, -0.2) is 0 Å². The van der Waals surface area contributed by atoms with E-state index in [0.29, 0.717) is 35.8 Å². The lowest BCUT2D eigenvalue weighted by Gasteiger charge is -2.26. The number of ketones is 1. The molecule has 1 fully saturated rings. The fourth-order valence-corrected chi connectivity index (χ4v) is 3.80. The van der Waals surface area contributed by atoms with Crippen LogP contribution in [0.3, 0.4) is 0 Å². The summed E-state index contributed by atoms with van der Waals surface area (Å²) in [6.45, 7) is 8.34. The van der Waals surface area contributed by atoms with E-state index in [1.54, 1.807) is 13.8 Å². The van der Waals surface area contributed by atoms with Crippen molar-refractivity contribution in [3.05, 3.63) is 52.4 Å². The quantitative estimate of drug-likeness (QED) is 0.401. The van der Waals surface area contributed by atoms with Crippen LogP contribution in [0, 0.1) is 13.8 Å². The molecule has 1 amide bonds. The number of H-pyrrole nitrogens is 1. The van der Waals surface area contributed by atoms with E-state index in [-0.39, 0.29) is 17.4 Å². The van der Waals surface area contributed by atoms with Crippen molar-refractivity contribution in [2.45, 2.75) is 39.8 Å². The third-order valence-corrected chi connectivity index (χ3v) is 5.26. The van der Waals surface area contributed by atoms with Crippen LogP contribution < -0.4 is 4.74 Å². The van der Waals surface area contributed by atoms with Crippen molar-refractivity contribution in [3.8, 4) is 5.75 Å². The number of aromatic amines is 1. The fourth-order valence-electron chi connectivity index (χ4n) is 3.80. The van der Waals surface area contributed by atoms with Crippen molar-refractivity contribution in [1.29, 1.82) is 0 Å². The molecule has 0 bridgehead atoms. The smallest absolute Gasteiger partial charge is 0.295 e. The zero-order chi connectivity index (χ0) is 22.9. The van der Waals surface area contributed by atoms with Gasteiger partial charge in [-0.3, -0.25) is 14.7 Å². The number of ether oxygens (including phenoxy) is 1. The Morgan fingerprint density at radius 2 is 1.87 bits per heavy atom. The van der Waals surface area contributed by atoms with Crippen molar-refractivity contribution in [2.24, 2.45) is 0 Å². The number of aromatic nitrogens is 2. The number of Topliss-reactive ketones (excluding diaryl/α,β-unsaturated/α-hetero) is 1. The number of nitrogens with zero attached hydrogens (tertiary/aromatic N) is 3. The second-order valence-electron chi connectivity index (χ2n) is 8.34. The minimum absolute atomic E-state index is 0.0311. The molecule has 1 aliphatic rings. The SMILES string of the molecule is Cc1n[nH]c(C)c1C(O)=C1C(=O)C(=O)N(CCN(C)C)[C@@H]1c1ccc(OC(C)C)cc1. The number of rotatable bonds is 7. The molecule has 8 heteroatoms. The molecule has 0 unspecified atom stereocenters. The monoisotopic (exact) mass is 426 g/mol. The number of hydrogen-bond donors (Lipinski definition) is 2. The molecular formula is C23H30N4O4. The molecule has 2 aromatic rings. The highest BCUT2D eigenvalue weighted by Gasteiger charge is 2.46. The third-order valence-electron chi connectivity index (χ3n) is 5.26. The molecule has 1 aromatic carbocycles. The molecule has 2 heterocycles. The maximum Gasteiger partial charge on any atom is 0.295 e. The molecule has 31 heavy (non-hydrogen) atoms.